The lowest BCUT2D eigenvalue weighted by Gasteiger charge is -2.47. The molecular weight excluding hydrogens is 557 g/mol. The second kappa shape index (κ2) is 11.3. The maximum Gasteiger partial charge on any atom is 0.246 e. The molecule has 2 aliphatic heterocycles. The second-order valence-corrected chi connectivity index (χ2v) is 11.5. The third-order valence-corrected chi connectivity index (χ3v) is 8.12. The van der Waals surface area contributed by atoms with Crippen LogP contribution in [0.4, 0.5) is 21.6 Å². The third-order valence-electron chi connectivity index (χ3n) is 7.83. The highest BCUT2D eigenvalue weighted by atomic mass is 35.5. The van der Waals surface area contributed by atoms with E-state index < -0.39 is 12.2 Å². The van der Waals surface area contributed by atoms with Crippen LogP contribution >= 0.6 is 11.6 Å². The molecule has 0 bridgehead atoms. The fourth-order valence-electron chi connectivity index (χ4n) is 5.74. The van der Waals surface area contributed by atoms with Crippen LogP contribution in [0.2, 0.25) is 5.02 Å². The summed E-state index contributed by atoms with van der Waals surface area (Å²) in [6.07, 6.45) is 1.67. The monoisotopic (exact) mass is 591 g/mol. The molecule has 9 nitrogen and oxygen atoms in total. The number of aliphatic imine (C=N–C) groups is 1. The van der Waals surface area contributed by atoms with Gasteiger partial charge in [-0.05, 0) is 62.6 Å². The van der Waals surface area contributed by atoms with E-state index in [1.807, 2.05) is 45.6 Å². The van der Waals surface area contributed by atoms with E-state index in [0.717, 1.165) is 11.3 Å². The SMILES string of the molecule is C=CC(=O)N1C[C@H](C)N(C2=NC(O)N(c3c(C)ccnc3C(C)C)c3nc(-c4c(N)cccc4F)c(Cl)cc32)C[C@H]1C. The smallest absolute Gasteiger partial charge is 0.246 e. The number of nitrogens with zero attached hydrogens (tertiary/aromatic N) is 6. The van der Waals surface area contributed by atoms with Crippen LogP contribution in [0, 0.1) is 12.7 Å². The molecule has 0 spiro atoms. The van der Waals surface area contributed by atoms with Crippen molar-refractivity contribution in [1.29, 1.82) is 0 Å². The lowest BCUT2D eigenvalue weighted by atomic mass is 10.0. The van der Waals surface area contributed by atoms with E-state index in [9.17, 15) is 9.90 Å². The summed E-state index contributed by atoms with van der Waals surface area (Å²) in [5.41, 5.74) is 9.45. The van der Waals surface area contributed by atoms with Crippen molar-refractivity contribution in [3.8, 4) is 11.3 Å². The summed E-state index contributed by atoms with van der Waals surface area (Å²) in [5, 5.41) is 11.9. The van der Waals surface area contributed by atoms with Gasteiger partial charge in [-0.3, -0.25) is 14.7 Å². The summed E-state index contributed by atoms with van der Waals surface area (Å²) in [6.45, 7) is 14.4. The van der Waals surface area contributed by atoms with E-state index in [-0.39, 0.29) is 45.9 Å². The number of benzene rings is 1. The molecular formula is C31H35ClFN7O2. The number of amidine groups is 1. The van der Waals surface area contributed by atoms with Crippen LogP contribution in [-0.2, 0) is 4.79 Å². The number of carbonyl (C=O) groups is 1. The number of pyridine rings is 2. The van der Waals surface area contributed by atoms with Gasteiger partial charge >= 0.3 is 0 Å². The molecule has 0 radical (unpaired) electrons. The second-order valence-electron chi connectivity index (χ2n) is 11.1. The molecule has 3 atom stereocenters. The Morgan fingerprint density at radius 3 is 2.64 bits per heavy atom. The minimum atomic E-state index is -1.37. The quantitative estimate of drug-likeness (QED) is 0.316. The minimum Gasteiger partial charge on any atom is -0.398 e. The average molecular weight is 592 g/mol. The van der Waals surface area contributed by atoms with Crippen molar-refractivity contribution in [2.45, 2.75) is 59.0 Å². The van der Waals surface area contributed by atoms with E-state index >= 15 is 4.39 Å². The molecule has 0 aliphatic carbocycles. The Hall–Kier alpha value is -4.02. The van der Waals surface area contributed by atoms with Gasteiger partial charge in [-0.25, -0.2) is 14.4 Å². The first-order valence-electron chi connectivity index (χ1n) is 13.9. The van der Waals surface area contributed by atoms with Gasteiger partial charge in [-0.1, -0.05) is 38.1 Å². The normalized spacial score (nSPS) is 20.5. The van der Waals surface area contributed by atoms with Gasteiger partial charge in [-0.15, -0.1) is 0 Å². The Balaban J connectivity index is 1.74. The zero-order valence-corrected chi connectivity index (χ0v) is 25.1. The number of rotatable bonds is 4. The zero-order chi connectivity index (χ0) is 30.5. The van der Waals surface area contributed by atoms with Gasteiger partial charge < -0.3 is 20.6 Å². The molecule has 3 aromatic rings. The van der Waals surface area contributed by atoms with Crippen LogP contribution in [0.25, 0.3) is 11.3 Å². The van der Waals surface area contributed by atoms with Crippen LogP contribution in [0.1, 0.15) is 50.4 Å². The number of aliphatic hydroxyl groups is 1. The molecule has 2 aromatic heterocycles. The first kappa shape index (κ1) is 29.5. The predicted octanol–water partition coefficient (Wildman–Crippen LogP) is 5.23. The maximum atomic E-state index is 15.1. The number of hydrogen-bond acceptors (Lipinski definition) is 8. The number of carbonyl (C=O) groups excluding carboxylic acids is 1. The van der Waals surface area contributed by atoms with Gasteiger partial charge in [0.1, 0.15) is 17.5 Å². The van der Waals surface area contributed by atoms with Gasteiger partial charge in [0.05, 0.1) is 33.2 Å². The molecule has 5 rings (SSSR count). The van der Waals surface area contributed by atoms with Crippen molar-refractivity contribution >= 4 is 40.5 Å². The minimum absolute atomic E-state index is 0.0197. The fourth-order valence-corrected chi connectivity index (χ4v) is 5.99. The molecule has 1 aromatic carbocycles. The number of aliphatic hydroxyl groups excluding tert-OH is 1. The first-order valence-corrected chi connectivity index (χ1v) is 14.3. The Morgan fingerprint density at radius 2 is 1.98 bits per heavy atom. The van der Waals surface area contributed by atoms with Crippen LogP contribution in [0.3, 0.4) is 0 Å². The maximum absolute atomic E-state index is 15.1. The Bertz CT molecular complexity index is 1570. The van der Waals surface area contributed by atoms with Crippen molar-refractivity contribution < 1.29 is 14.3 Å². The third kappa shape index (κ3) is 4.98. The highest BCUT2D eigenvalue weighted by molar-refractivity contribution is 6.34. The summed E-state index contributed by atoms with van der Waals surface area (Å²) < 4.78 is 15.1. The number of hydrogen-bond donors (Lipinski definition) is 2. The van der Waals surface area contributed by atoms with Gasteiger partial charge in [0.15, 0.2) is 0 Å². The number of aryl methyl sites for hydroxylation is 1. The summed E-state index contributed by atoms with van der Waals surface area (Å²) in [7, 11) is 0. The van der Waals surface area contributed by atoms with Crippen molar-refractivity contribution in [3.63, 3.8) is 0 Å². The average Bonchev–Trinajstić information content (AvgIpc) is 2.94. The molecule has 1 amide bonds. The number of piperazine rings is 1. The van der Waals surface area contributed by atoms with Crippen molar-refractivity contribution in [2.24, 2.45) is 4.99 Å². The van der Waals surface area contributed by atoms with Crippen molar-refractivity contribution in [3.05, 3.63) is 76.8 Å². The molecule has 1 fully saturated rings. The standard InChI is InChI=1S/C31H35ClFN7O2/c1-7-24(41)38-14-19(6)39(15-18(38)5)29-20-13-21(32)27(25-22(33)9-8-10-23(25)34)36-30(20)40(31(42)37-29)28-17(4)11-12-35-26(28)16(2)3/h7-13,16,18-19,31,42H,1,14-15,34H2,2-6H3/t18-,19+,31?/m1/s1. The molecule has 42 heavy (non-hydrogen) atoms. The van der Waals surface area contributed by atoms with E-state index in [1.165, 1.54) is 18.2 Å². The molecule has 1 unspecified atom stereocenters. The number of halogens is 2. The largest absolute Gasteiger partial charge is 0.398 e. The van der Waals surface area contributed by atoms with Crippen LogP contribution < -0.4 is 10.6 Å². The van der Waals surface area contributed by atoms with E-state index in [2.05, 4.69) is 11.6 Å². The molecule has 4 heterocycles. The van der Waals surface area contributed by atoms with Crippen molar-refractivity contribution in [2.75, 3.05) is 23.7 Å². The lowest BCUT2D eigenvalue weighted by Crippen LogP contribution is -2.60. The first-order chi connectivity index (χ1) is 19.9. The molecule has 3 N–H and O–H groups in total. The number of nitrogens with two attached hydrogens (primary N) is 1. The molecule has 0 saturated carbocycles. The van der Waals surface area contributed by atoms with Crippen LogP contribution in [-0.4, -0.2) is 68.1 Å². The fraction of sp³-hybridized carbons (Fsp3) is 0.355. The number of nitrogen functional groups attached to an aromatic ring is 1. The molecule has 1 saturated heterocycles. The predicted molar refractivity (Wildman–Crippen MR) is 164 cm³/mol. The lowest BCUT2D eigenvalue weighted by molar-refractivity contribution is -0.130. The number of aromatic nitrogens is 2. The molecule has 220 valence electrons. The summed E-state index contributed by atoms with van der Waals surface area (Å²) in [5.74, 6) is 0.139. The van der Waals surface area contributed by atoms with Gasteiger partial charge in [0.2, 0.25) is 12.3 Å². The topological polar surface area (TPSA) is 111 Å². The summed E-state index contributed by atoms with van der Waals surface area (Å²) in [6, 6.07) is 7.67. The van der Waals surface area contributed by atoms with Crippen molar-refractivity contribution in [1.82, 2.24) is 19.8 Å². The number of amides is 1. The Labute approximate surface area is 250 Å². The van der Waals surface area contributed by atoms with Gasteiger partial charge in [0.25, 0.3) is 0 Å². The number of anilines is 3. The Kier molecular flexibility index (Phi) is 7.96. The highest BCUT2D eigenvalue weighted by Crippen LogP contribution is 2.43. The Morgan fingerprint density at radius 1 is 1.24 bits per heavy atom. The summed E-state index contributed by atoms with van der Waals surface area (Å²) >= 11 is 6.82. The van der Waals surface area contributed by atoms with Gasteiger partial charge in [0, 0.05) is 37.1 Å². The highest BCUT2D eigenvalue weighted by Gasteiger charge is 2.40. The summed E-state index contributed by atoms with van der Waals surface area (Å²) in [4.78, 5) is 32.2. The molecule has 2 aliphatic rings. The number of fused-ring (bicyclic) bond motifs is 1. The van der Waals surface area contributed by atoms with Crippen LogP contribution in [0.15, 0.2) is 54.2 Å². The van der Waals surface area contributed by atoms with Crippen LogP contribution in [0.5, 0.6) is 0 Å². The van der Waals surface area contributed by atoms with E-state index in [0.29, 0.717) is 36.0 Å². The van der Waals surface area contributed by atoms with E-state index in [4.69, 9.17) is 27.3 Å². The van der Waals surface area contributed by atoms with Gasteiger partial charge in [-0.2, -0.15) is 0 Å². The zero-order valence-electron chi connectivity index (χ0n) is 24.3. The molecule has 11 heteroatoms. The van der Waals surface area contributed by atoms with E-state index in [1.54, 1.807) is 28.1 Å².